The van der Waals surface area contributed by atoms with Crippen molar-refractivity contribution in [3.8, 4) is 0 Å². The molecule has 1 rings (SSSR count). The van der Waals surface area contributed by atoms with Gasteiger partial charge in [0.2, 0.25) is 0 Å². The summed E-state index contributed by atoms with van der Waals surface area (Å²) in [6.45, 7) is 6.24. The molecule has 0 saturated heterocycles. The number of aliphatic hydroxyl groups excluding tert-OH is 1. The Labute approximate surface area is 124 Å². The minimum absolute atomic E-state index is 0.183. The lowest BCUT2D eigenvalue weighted by Gasteiger charge is -2.42. The number of aliphatic hydroxyl groups is 1. The molecule has 1 unspecified atom stereocenters. The lowest BCUT2D eigenvalue weighted by atomic mass is 9.83. The zero-order valence-electron chi connectivity index (χ0n) is 12.9. The minimum Gasteiger partial charge on any atom is -0.391 e. The molecule has 0 aliphatic heterocycles. The van der Waals surface area contributed by atoms with Gasteiger partial charge in [0.05, 0.1) is 22.0 Å². The van der Waals surface area contributed by atoms with Gasteiger partial charge in [-0.25, -0.2) is 0 Å². The molecule has 4 nitrogen and oxygen atoms in total. The molecule has 5 heteroatoms. The number of hydrogen-bond acceptors (Lipinski definition) is 3. The quantitative estimate of drug-likeness (QED) is 0.870. The first-order valence-corrected chi connectivity index (χ1v) is 7.62. The van der Waals surface area contributed by atoms with Crippen LogP contribution in [-0.4, -0.2) is 45.5 Å². The molecular formula is C14H26BrN3O. The van der Waals surface area contributed by atoms with E-state index in [1.165, 1.54) is 0 Å². The van der Waals surface area contributed by atoms with Crippen LogP contribution < -0.4 is 0 Å². The Morgan fingerprint density at radius 3 is 2.21 bits per heavy atom. The first kappa shape index (κ1) is 16.7. The molecule has 0 aliphatic carbocycles. The van der Waals surface area contributed by atoms with Crippen LogP contribution in [0.3, 0.4) is 0 Å². The standard InChI is InChI=1S/C14H26BrN3O/c1-7-14(8-2,17(4)5)12(19)9-11-13(15)10(3)16-18(11)6/h12,19H,7-9H2,1-6H3. The molecule has 0 aliphatic rings. The maximum Gasteiger partial charge on any atom is 0.0779 e. The van der Waals surface area contributed by atoms with Crippen molar-refractivity contribution in [1.82, 2.24) is 14.7 Å². The van der Waals surface area contributed by atoms with E-state index in [0.29, 0.717) is 6.42 Å². The molecule has 0 fully saturated rings. The Morgan fingerprint density at radius 2 is 1.89 bits per heavy atom. The minimum atomic E-state index is -0.413. The molecule has 0 amide bonds. The maximum atomic E-state index is 10.7. The van der Waals surface area contributed by atoms with E-state index in [9.17, 15) is 5.11 Å². The molecule has 0 saturated carbocycles. The number of nitrogens with zero attached hydrogens (tertiary/aromatic N) is 3. The van der Waals surface area contributed by atoms with Gasteiger partial charge in [0.1, 0.15) is 0 Å². The van der Waals surface area contributed by atoms with Crippen LogP contribution in [0.2, 0.25) is 0 Å². The highest BCUT2D eigenvalue weighted by Crippen LogP contribution is 2.30. The highest BCUT2D eigenvalue weighted by Gasteiger charge is 2.37. The molecular weight excluding hydrogens is 306 g/mol. The van der Waals surface area contributed by atoms with Gasteiger partial charge in [0, 0.05) is 19.0 Å². The molecule has 0 radical (unpaired) electrons. The topological polar surface area (TPSA) is 41.3 Å². The normalized spacial score (nSPS) is 14.2. The van der Waals surface area contributed by atoms with Gasteiger partial charge in [-0.3, -0.25) is 4.68 Å². The van der Waals surface area contributed by atoms with Gasteiger partial charge in [0.25, 0.3) is 0 Å². The first-order chi connectivity index (χ1) is 8.80. The van der Waals surface area contributed by atoms with E-state index >= 15 is 0 Å². The molecule has 110 valence electrons. The fourth-order valence-electron chi connectivity index (χ4n) is 2.93. The zero-order chi connectivity index (χ0) is 14.8. The summed E-state index contributed by atoms with van der Waals surface area (Å²) in [7, 11) is 6.01. The summed E-state index contributed by atoms with van der Waals surface area (Å²) < 4.78 is 2.86. The summed E-state index contributed by atoms with van der Waals surface area (Å²) in [6, 6.07) is 0. The summed E-state index contributed by atoms with van der Waals surface area (Å²) in [4.78, 5) is 2.15. The Morgan fingerprint density at radius 1 is 1.37 bits per heavy atom. The fraction of sp³-hybridized carbons (Fsp3) is 0.786. The van der Waals surface area contributed by atoms with Crippen molar-refractivity contribution in [1.29, 1.82) is 0 Å². The van der Waals surface area contributed by atoms with E-state index in [0.717, 1.165) is 28.7 Å². The Bertz CT molecular complexity index is 425. The van der Waals surface area contributed by atoms with Crippen LogP contribution in [0, 0.1) is 6.92 Å². The Kier molecular flexibility index (Phi) is 5.59. The average Bonchev–Trinajstić information content (AvgIpc) is 2.58. The van der Waals surface area contributed by atoms with E-state index in [-0.39, 0.29) is 5.54 Å². The van der Waals surface area contributed by atoms with E-state index in [1.54, 1.807) is 0 Å². The molecule has 1 atom stereocenters. The molecule has 1 N–H and O–H groups in total. The van der Waals surface area contributed by atoms with E-state index in [1.807, 2.05) is 32.7 Å². The number of rotatable bonds is 6. The molecule has 0 bridgehead atoms. The first-order valence-electron chi connectivity index (χ1n) is 6.83. The van der Waals surface area contributed by atoms with Gasteiger partial charge in [0.15, 0.2) is 0 Å². The molecule has 1 heterocycles. The van der Waals surface area contributed by atoms with Gasteiger partial charge < -0.3 is 10.0 Å². The summed E-state index contributed by atoms with van der Waals surface area (Å²) in [5.74, 6) is 0. The number of halogens is 1. The van der Waals surface area contributed by atoms with Crippen molar-refractivity contribution in [3.63, 3.8) is 0 Å². The predicted molar refractivity (Wildman–Crippen MR) is 82.4 cm³/mol. The predicted octanol–water partition coefficient (Wildman–Crippen LogP) is 2.51. The van der Waals surface area contributed by atoms with Crippen LogP contribution in [0.25, 0.3) is 0 Å². The van der Waals surface area contributed by atoms with Gasteiger partial charge >= 0.3 is 0 Å². The SMILES string of the molecule is CCC(CC)(C(O)Cc1c(Br)c(C)nn1C)N(C)C. The molecule has 1 aromatic rings. The van der Waals surface area contributed by atoms with Crippen LogP contribution in [0.4, 0.5) is 0 Å². The smallest absolute Gasteiger partial charge is 0.0779 e. The largest absolute Gasteiger partial charge is 0.391 e. The van der Waals surface area contributed by atoms with E-state index in [2.05, 4.69) is 39.8 Å². The van der Waals surface area contributed by atoms with Crippen molar-refractivity contribution in [2.24, 2.45) is 7.05 Å². The third-order valence-corrected chi connectivity index (χ3v) is 5.42. The Balaban J connectivity index is 3.03. The van der Waals surface area contributed by atoms with Gasteiger partial charge in [-0.05, 0) is 49.8 Å². The number of aromatic nitrogens is 2. The summed E-state index contributed by atoms with van der Waals surface area (Å²) in [6.07, 6.45) is 2.04. The second-order valence-corrected chi connectivity index (χ2v) is 6.19. The van der Waals surface area contributed by atoms with Crippen LogP contribution in [-0.2, 0) is 13.5 Å². The van der Waals surface area contributed by atoms with Crippen LogP contribution >= 0.6 is 15.9 Å². The fourth-order valence-corrected chi connectivity index (χ4v) is 3.42. The average molecular weight is 332 g/mol. The van der Waals surface area contributed by atoms with E-state index < -0.39 is 6.10 Å². The van der Waals surface area contributed by atoms with Crippen molar-refractivity contribution in [2.75, 3.05) is 14.1 Å². The second-order valence-electron chi connectivity index (χ2n) is 5.39. The van der Waals surface area contributed by atoms with Gasteiger partial charge in [-0.1, -0.05) is 13.8 Å². The number of aryl methyl sites for hydroxylation is 2. The number of hydrogen-bond donors (Lipinski definition) is 1. The van der Waals surface area contributed by atoms with Crippen LogP contribution in [0.15, 0.2) is 4.47 Å². The highest BCUT2D eigenvalue weighted by molar-refractivity contribution is 9.10. The number of likely N-dealkylation sites (N-methyl/N-ethyl adjacent to an activating group) is 1. The second kappa shape index (κ2) is 6.37. The van der Waals surface area contributed by atoms with Crippen molar-refractivity contribution in [2.45, 2.75) is 51.7 Å². The highest BCUT2D eigenvalue weighted by atomic mass is 79.9. The zero-order valence-corrected chi connectivity index (χ0v) is 14.5. The third kappa shape index (κ3) is 3.03. The summed E-state index contributed by atoms with van der Waals surface area (Å²) >= 11 is 3.57. The summed E-state index contributed by atoms with van der Waals surface area (Å²) in [5.41, 5.74) is 1.84. The van der Waals surface area contributed by atoms with E-state index in [4.69, 9.17) is 0 Å². The third-order valence-electron chi connectivity index (χ3n) is 4.38. The summed E-state index contributed by atoms with van der Waals surface area (Å²) in [5, 5.41) is 15.1. The monoisotopic (exact) mass is 331 g/mol. The van der Waals surface area contributed by atoms with Gasteiger partial charge in [-0.15, -0.1) is 0 Å². The molecule has 1 aromatic heterocycles. The van der Waals surface area contributed by atoms with Crippen molar-refractivity contribution in [3.05, 3.63) is 15.9 Å². The molecule has 19 heavy (non-hydrogen) atoms. The molecule has 0 spiro atoms. The van der Waals surface area contributed by atoms with Crippen molar-refractivity contribution >= 4 is 15.9 Å². The molecule has 0 aromatic carbocycles. The van der Waals surface area contributed by atoms with Crippen LogP contribution in [0.1, 0.15) is 38.1 Å². The van der Waals surface area contributed by atoms with Gasteiger partial charge in [-0.2, -0.15) is 5.10 Å². The maximum absolute atomic E-state index is 10.7. The lowest BCUT2D eigenvalue weighted by Crippen LogP contribution is -2.53. The Hall–Kier alpha value is -0.390. The lowest BCUT2D eigenvalue weighted by molar-refractivity contribution is -0.0135. The van der Waals surface area contributed by atoms with Crippen molar-refractivity contribution < 1.29 is 5.11 Å². The van der Waals surface area contributed by atoms with Crippen LogP contribution in [0.5, 0.6) is 0 Å².